The van der Waals surface area contributed by atoms with Crippen molar-refractivity contribution in [3.8, 4) is 10.6 Å². The highest BCUT2D eigenvalue weighted by atomic mass is 32.1. The monoisotopic (exact) mass is 357 g/mol. The van der Waals surface area contributed by atoms with E-state index in [2.05, 4.69) is 28.3 Å². The van der Waals surface area contributed by atoms with Gasteiger partial charge in [0.15, 0.2) is 5.69 Å². The summed E-state index contributed by atoms with van der Waals surface area (Å²) in [6, 6.07) is 5.84. The van der Waals surface area contributed by atoms with Crippen LogP contribution in [0.1, 0.15) is 45.3 Å². The van der Waals surface area contributed by atoms with Crippen LogP contribution in [-0.2, 0) is 7.05 Å². The number of nitrogens with one attached hydrogen (secondary N) is 1. The molecule has 0 saturated carbocycles. The number of aromatic nitrogens is 4. The van der Waals surface area contributed by atoms with Gasteiger partial charge in [-0.25, -0.2) is 0 Å². The van der Waals surface area contributed by atoms with Gasteiger partial charge in [0.05, 0.1) is 22.3 Å². The van der Waals surface area contributed by atoms with Gasteiger partial charge in [0.25, 0.3) is 5.91 Å². The fourth-order valence-corrected chi connectivity index (χ4v) is 3.92. The Labute approximate surface area is 151 Å². The number of carbonyl (C=O) groups is 1. The second-order valence-corrected chi connectivity index (χ2v) is 7.67. The average molecular weight is 357 g/mol. The molecule has 0 bridgehead atoms. The Bertz CT molecular complexity index is 920. The summed E-state index contributed by atoms with van der Waals surface area (Å²) in [7, 11) is 3.73. The molecule has 3 aromatic rings. The van der Waals surface area contributed by atoms with Gasteiger partial charge in [-0.15, -0.1) is 11.3 Å². The van der Waals surface area contributed by atoms with Gasteiger partial charge in [0, 0.05) is 30.2 Å². The number of hydrogen-bond donors (Lipinski definition) is 1. The highest BCUT2D eigenvalue weighted by Gasteiger charge is 2.25. The number of nitrogens with zero attached hydrogens (tertiary/aromatic N) is 4. The Kier molecular flexibility index (Phi) is 4.51. The van der Waals surface area contributed by atoms with Gasteiger partial charge in [-0.1, -0.05) is 0 Å². The highest BCUT2D eigenvalue weighted by Crippen LogP contribution is 2.29. The first-order chi connectivity index (χ1) is 11.8. The first-order valence-electron chi connectivity index (χ1n) is 8.19. The number of hydrogen-bond acceptors (Lipinski definition) is 4. The summed E-state index contributed by atoms with van der Waals surface area (Å²) in [6.07, 6.45) is 0. The first-order valence-corrected chi connectivity index (χ1v) is 9.00. The molecule has 132 valence electrons. The number of rotatable bonds is 4. The maximum atomic E-state index is 12.9. The molecule has 0 unspecified atom stereocenters. The van der Waals surface area contributed by atoms with Crippen LogP contribution in [0.15, 0.2) is 18.2 Å². The summed E-state index contributed by atoms with van der Waals surface area (Å²) in [5.41, 5.74) is 4.40. The minimum absolute atomic E-state index is 0.0784. The van der Waals surface area contributed by atoms with Crippen LogP contribution in [0.25, 0.3) is 10.6 Å². The normalized spacial score (nSPS) is 12.4. The largest absolute Gasteiger partial charge is 0.333 e. The van der Waals surface area contributed by atoms with Gasteiger partial charge < -0.3 is 4.90 Å². The third-order valence-electron chi connectivity index (χ3n) is 4.69. The molecule has 1 atom stereocenters. The van der Waals surface area contributed by atoms with Crippen LogP contribution in [0.2, 0.25) is 0 Å². The lowest BCUT2D eigenvalue weighted by atomic mass is 10.0. The summed E-state index contributed by atoms with van der Waals surface area (Å²) in [4.78, 5) is 16.9. The zero-order valence-electron chi connectivity index (χ0n) is 15.4. The molecule has 0 spiro atoms. The van der Waals surface area contributed by atoms with E-state index in [-0.39, 0.29) is 11.9 Å². The topological polar surface area (TPSA) is 66.8 Å². The molecule has 3 rings (SSSR count). The first kappa shape index (κ1) is 17.4. The molecule has 1 N–H and O–H groups in total. The third kappa shape index (κ3) is 3.11. The Balaban J connectivity index is 1.84. The molecule has 0 radical (unpaired) electrons. The van der Waals surface area contributed by atoms with Crippen molar-refractivity contribution in [2.45, 2.75) is 33.7 Å². The van der Waals surface area contributed by atoms with E-state index >= 15 is 0 Å². The lowest BCUT2D eigenvalue weighted by Crippen LogP contribution is -2.30. The van der Waals surface area contributed by atoms with Crippen molar-refractivity contribution in [3.63, 3.8) is 0 Å². The van der Waals surface area contributed by atoms with Gasteiger partial charge in [0.1, 0.15) is 0 Å². The minimum atomic E-state index is -0.106. The van der Waals surface area contributed by atoms with E-state index in [0.717, 1.165) is 27.5 Å². The molecule has 0 aliphatic heterocycles. The molecule has 1 amide bonds. The van der Waals surface area contributed by atoms with E-state index in [1.807, 2.05) is 51.7 Å². The van der Waals surface area contributed by atoms with Crippen LogP contribution in [0, 0.1) is 20.8 Å². The van der Waals surface area contributed by atoms with E-state index in [1.165, 1.54) is 4.88 Å². The Morgan fingerprint density at radius 1 is 1.32 bits per heavy atom. The average Bonchev–Trinajstić information content (AvgIpc) is 3.26. The van der Waals surface area contributed by atoms with Crippen molar-refractivity contribution < 1.29 is 4.79 Å². The highest BCUT2D eigenvalue weighted by molar-refractivity contribution is 7.15. The van der Waals surface area contributed by atoms with Crippen LogP contribution in [0.4, 0.5) is 0 Å². The molecule has 0 aliphatic carbocycles. The molecule has 0 aliphatic rings. The summed E-state index contributed by atoms with van der Waals surface area (Å²) in [5.74, 6) is -0.106. The van der Waals surface area contributed by atoms with Crippen molar-refractivity contribution in [2.75, 3.05) is 7.05 Å². The Hall–Kier alpha value is -2.41. The van der Waals surface area contributed by atoms with Gasteiger partial charge in [0.2, 0.25) is 0 Å². The fourth-order valence-electron chi connectivity index (χ4n) is 3.08. The molecule has 0 aromatic carbocycles. The number of thiophene rings is 1. The smallest absolute Gasteiger partial charge is 0.274 e. The molecule has 0 fully saturated rings. The number of H-pyrrole nitrogens is 1. The third-order valence-corrected chi connectivity index (χ3v) is 5.72. The van der Waals surface area contributed by atoms with Crippen LogP contribution < -0.4 is 0 Å². The number of aryl methyl sites for hydroxylation is 3. The quantitative estimate of drug-likeness (QED) is 0.775. The zero-order valence-corrected chi connectivity index (χ0v) is 16.2. The van der Waals surface area contributed by atoms with Crippen LogP contribution >= 0.6 is 11.3 Å². The molecule has 3 heterocycles. The van der Waals surface area contributed by atoms with E-state index in [0.29, 0.717) is 5.69 Å². The molecule has 25 heavy (non-hydrogen) atoms. The molecular weight excluding hydrogens is 334 g/mol. The molecule has 0 saturated heterocycles. The second-order valence-electron chi connectivity index (χ2n) is 6.38. The van der Waals surface area contributed by atoms with Gasteiger partial charge in [-0.3, -0.25) is 14.6 Å². The molecule has 7 heteroatoms. The van der Waals surface area contributed by atoms with E-state index < -0.39 is 0 Å². The fraction of sp³-hybridized carbons (Fsp3) is 0.389. The predicted molar refractivity (Wildman–Crippen MR) is 99.8 cm³/mol. The van der Waals surface area contributed by atoms with Crippen molar-refractivity contribution in [3.05, 3.63) is 45.7 Å². The van der Waals surface area contributed by atoms with E-state index in [1.54, 1.807) is 16.2 Å². The second kappa shape index (κ2) is 6.48. The summed E-state index contributed by atoms with van der Waals surface area (Å²) < 4.78 is 1.85. The van der Waals surface area contributed by atoms with Crippen molar-refractivity contribution in [1.82, 2.24) is 24.9 Å². The van der Waals surface area contributed by atoms with Gasteiger partial charge >= 0.3 is 0 Å². The summed E-state index contributed by atoms with van der Waals surface area (Å²) in [5, 5.41) is 11.6. The lowest BCUT2D eigenvalue weighted by molar-refractivity contribution is 0.0736. The number of amides is 1. The number of aromatic amines is 1. The standard InChI is InChI=1S/C18H23N5OS/c1-10-7-8-16(25-10)14-9-15(20-19-14)18(24)22(5)12(3)17-11(2)21-23(6)13(17)4/h7-9,12H,1-6H3,(H,19,20)/t12-/m1/s1. The minimum Gasteiger partial charge on any atom is -0.333 e. The predicted octanol–water partition coefficient (Wildman–Crippen LogP) is 3.63. The van der Waals surface area contributed by atoms with Crippen LogP contribution in [0.5, 0.6) is 0 Å². The van der Waals surface area contributed by atoms with Gasteiger partial charge in [-0.2, -0.15) is 10.2 Å². The van der Waals surface area contributed by atoms with E-state index in [9.17, 15) is 4.79 Å². The van der Waals surface area contributed by atoms with E-state index in [4.69, 9.17) is 0 Å². The summed E-state index contributed by atoms with van der Waals surface area (Å²) >= 11 is 1.68. The van der Waals surface area contributed by atoms with Crippen molar-refractivity contribution >= 4 is 17.2 Å². The molecule has 6 nitrogen and oxygen atoms in total. The Morgan fingerprint density at radius 2 is 2.04 bits per heavy atom. The molecular formula is C18H23N5OS. The van der Waals surface area contributed by atoms with Crippen molar-refractivity contribution in [1.29, 1.82) is 0 Å². The Morgan fingerprint density at radius 3 is 2.60 bits per heavy atom. The lowest BCUT2D eigenvalue weighted by Gasteiger charge is -2.24. The SMILES string of the molecule is Cc1ccc(-c2cc(C(=O)N(C)[C@H](C)c3c(C)nn(C)c3C)n[nH]2)s1. The maximum Gasteiger partial charge on any atom is 0.274 e. The van der Waals surface area contributed by atoms with Gasteiger partial charge in [-0.05, 0) is 45.9 Å². The van der Waals surface area contributed by atoms with Crippen molar-refractivity contribution in [2.24, 2.45) is 7.05 Å². The summed E-state index contributed by atoms with van der Waals surface area (Å²) in [6.45, 7) is 8.08. The number of carbonyl (C=O) groups excluding carboxylic acids is 1. The zero-order chi connectivity index (χ0) is 18.3. The molecule has 3 aromatic heterocycles. The van der Waals surface area contributed by atoms with Crippen LogP contribution in [-0.4, -0.2) is 37.8 Å². The maximum absolute atomic E-state index is 12.9. The van der Waals surface area contributed by atoms with Crippen LogP contribution in [0.3, 0.4) is 0 Å².